The minimum Gasteiger partial charge on any atom is -0.495 e. The number of methoxy groups -OCH3 is 1. The number of hydrogen-bond donors (Lipinski definition) is 1. The van der Waals surface area contributed by atoms with Gasteiger partial charge in [-0.2, -0.15) is 0 Å². The molecule has 16 heavy (non-hydrogen) atoms. The fraction of sp³-hybridized carbons (Fsp3) is 0.455. The van der Waals surface area contributed by atoms with Gasteiger partial charge in [-0.25, -0.2) is 0 Å². The third-order valence-electron chi connectivity index (χ3n) is 2.23. The van der Waals surface area contributed by atoms with Crippen molar-refractivity contribution in [2.75, 3.05) is 7.11 Å². The molecule has 88 valence electrons. The van der Waals surface area contributed by atoms with Gasteiger partial charge in [0, 0.05) is 6.42 Å². The quantitative estimate of drug-likeness (QED) is 0.856. The van der Waals surface area contributed by atoms with Crippen molar-refractivity contribution in [2.45, 2.75) is 26.3 Å². The van der Waals surface area contributed by atoms with Crippen molar-refractivity contribution in [3.8, 4) is 5.75 Å². The van der Waals surface area contributed by atoms with Crippen molar-refractivity contribution >= 4 is 23.0 Å². The van der Waals surface area contributed by atoms with Gasteiger partial charge in [0.15, 0.2) is 5.78 Å². The van der Waals surface area contributed by atoms with Crippen LogP contribution < -0.4 is 10.1 Å². The zero-order valence-corrected chi connectivity index (χ0v) is 10.4. The Morgan fingerprint density at radius 1 is 1.56 bits per heavy atom. The number of thiophene rings is 1. The summed E-state index contributed by atoms with van der Waals surface area (Å²) in [4.78, 5) is 23.6. The molecule has 0 bridgehead atoms. The van der Waals surface area contributed by atoms with Crippen LogP contribution >= 0.6 is 11.3 Å². The molecule has 0 saturated heterocycles. The van der Waals surface area contributed by atoms with E-state index in [1.54, 1.807) is 25.3 Å². The molecule has 0 aliphatic heterocycles. The van der Waals surface area contributed by atoms with Crippen LogP contribution in [-0.4, -0.2) is 24.8 Å². The van der Waals surface area contributed by atoms with Crippen molar-refractivity contribution in [1.82, 2.24) is 5.32 Å². The molecule has 0 aliphatic rings. The lowest BCUT2D eigenvalue weighted by molar-refractivity contribution is -0.120. The summed E-state index contributed by atoms with van der Waals surface area (Å²) in [6.07, 6.45) is 0.420. The maximum Gasteiger partial charge on any atom is 0.265 e. The number of rotatable bonds is 5. The lowest BCUT2D eigenvalue weighted by Gasteiger charge is -2.11. The van der Waals surface area contributed by atoms with Crippen LogP contribution in [0, 0.1) is 0 Å². The number of ketones is 1. The van der Waals surface area contributed by atoms with E-state index in [1.165, 1.54) is 18.4 Å². The molecule has 0 aliphatic carbocycles. The highest BCUT2D eigenvalue weighted by atomic mass is 32.1. The van der Waals surface area contributed by atoms with Crippen molar-refractivity contribution < 1.29 is 14.3 Å². The third-order valence-corrected chi connectivity index (χ3v) is 3.13. The van der Waals surface area contributed by atoms with Gasteiger partial charge in [0.2, 0.25) is 0 Å². The first kappa shape index (κ1) is 12.7. The van der Waals surface area contributed by atoms with E-state index in [-0.39, 0.29) is 11.7 Å². The highest BCUT2D eigenvalue weighted by Gasteiger charge is 2.18. The average Bonchev–Trinajstić information content (AvgIpc) is 2.75. The largest absolute Gasteiger partial charge is 0.495 e. The Bertz CT molecular complexity index is 386. The molecule has 1 aromatic heterocycles. The van der Waals surface area contributed by atoms with E-state index in [0.717, 1.165) is 0 Å². The van der Waals surface area contributed by atoms with Gasteiger partial charge in [-0.15, -0.1) is 11.3 Å². The van der Waals surface area contributed by atoms with E-state index in [1.807, 2.05) is 0 Å². The maximum atomic E-state index is 11.8. The van der Waals surface area contributed by atoms with Gasteiger partial charge in [-0.05, 0) is 18.4 Å². The standard InChI is InChI=1S/C11H15NO3S/c1-4-8(13)7(2)12-11(14)10-9(15-3)5-6-16-10/h5-7H,4H2,1-3H3,(H,12,14). The molecule has 1 N–H and O–H groups in total. The second kappa shape index (κ2) is 5.65. The maximum absolute atomic E-state index is 11.8. The van der Waals surface area contributed by atoms with Crippen molar-refractivity contribution in [3.05, 3.63) is 16.3 Å². The van der Waals surface area contributed by atoms with Gasteiger partial charge < -0.3 is 10.1 Å². The zero-order valence-electron chi connectivity index (χ0n) is 9.57. The lowest BCUT2D eigenvalue weighted by atomic mass is 10.1. The molecular formula is C11H15NO3S. The van der Waals surface area contributed by atoms with Crippen LogP contribution in [0.2, 0.25) is 0 Å². The van der Waals surface area contributed by atoms with E-state index in [4.69, 9.17) is 4.74 Å². The topological polar surface area (TPSA) is 55.4 Å². The fourth-order valence-corrected chi connectivity index (χ4v) is 2.03. The monoisotopic (exact) mass is 241 g/mol. The smallest absolute Gasteiger partial charge is 0.265 e. The Labute approximate surface area is 98.6 Å². The molecule has 1 rings (SSSR count). The molecule has 0 fully saturated rings. The fourth-order valence-electron chi connectivity index (χ4n) is 1.27. The predicted molar refractivity (Wildman–Crippen MR) is 63.1 cm³/mol. The molecule has 0 saturated carbocycles. The van der Waals surface area contributed by atoms with Gasteiger partial charge in [-0.1, -0.05) is 6.92 Å². The molecule has 0 aromatic carbocycles. The number of Topliss-reactive ketones (excluding diaryl/α,β-unsaturated/α-hetero) is 1. The van der Waals surface area contributed by atoms with E-state index in [0.29, 0.717) is 17.0 Å². The van der Waals surface area contributed by atoms with E-state index in [9.17, 15) is 9.59 Å². The Balaban J connectivity index is 2.69. The van der Waals surface area contributed by atoms with Gasteiger partial charge in [0.05, 0.1) is 13.2 Å². The molecule has 1 amide bonds. The summed E-state index contributed by atoms with van der Waals surface area (Å²) in [7, 11) is 1.51. The third kappa shape index (κ3) is 2.82. The van der Waals surface area contributed by atoms with Gasteiger partial charge in [0.25, 0.3) is 5.91 Å². The Morgan fingerprint density at radius 3 is 2.81 bits per heavy atom. The molecule has 5 heteroatoms. The predicted octanol–water partition coefficient (Wildman–Crippen LogP) is 1.85. The van der Waals surface area contributed by atoms with Crippen LogP contribution in [0.25, 0.3) is 0 Å². The first-order chi connectivity index (χ1) is 7.60. The Kier molecular flexibility index (Phi) is 4.49. The minimum absolute atomic E-state index is 0.0175. The van der Waals surface area contributed by atoms with Crippen LogP contribution in [-0.2, 0) is 4.79 Å². The molecule has 0 radical (unpaired) electrons. The number of carbonyl (C=O) groups excluding carboxylic acids is 2. The van der Waals surface area contributed by atoms with E-state index < -0.39 is 6.04 Å². The SMILES string of the molecule is CCC(=O)C(C)NC(=O)c1sccc1OC. The number of ether oxygens (including phenoxy) is 1. The molecule has 1 aromatic rings. The molecular weight excluding hydrogens is 226 g/mol. The zero-order chi connectivity index (χ0) is 12.1. The minimum atomic E-state index is -0.454. The van der Waals surface area contributed by atoms with Crippen LogP contribution in [0.3, 0.4) is 0 Å². The Morgan fingerprint density at radius 2 is 2.25 bits per heavy atom. The van der Waals surface area contributed by atoms with Crippen LogP contribution in [0.4, 0.5) is 0 Å². The van der Waals surface area contributed by atoms with Crippen LogP contribution in [0.1, 0.15) is 29.9 Å². The number of amides is 1. The number of hydrogen-bond acceptors (Lipinski definition) is 4. The molecule has 1 atom stereocenters. The average molecular weight is 241 g/mol. The van der Waals surface area contributed by atoms with Gasteiger partial charge in [-0.3, -0.25) is 9.59 Å². The summed E-state index contributed by atoms with van der Waals surface area (Å²) in [6.45, 7) is 3.46. The van der Waals surface area contributed by atoms with Gasteiger partial charge >= 0.3 is 0 Å². The second-order valence-corrected chi connectivity index (χ2v) is 4.25. The lowest BCUT2D eigenvalue weighted by Crippen LogP contribution is -2.37. The summed E-state index contributed by atoms with van der Waals surface area (Å²) in [5.41, 5.74) is 0. The van der Waals surface area contributed by atoms with Gasteiger partial charge in [0.1, 0.15) is 10.6 Å². The number of nitrogens with one attached hydrogen (secondary N) is 1. The summed E-state index contributed by atoms with van der Waals surface area (Å²) in [6, 6.07) is 1.27. The van der Waals surface area contributed by atoms with Crippen molar-refractivity contribution in [2.24, 2.45) is 0 Å². The van der Waals surface area contributed by atoms with E-state index >= 15 is 0 Å². The summed E-state index contributed by atoms with van der Waals surface area (Å²) >= 11 is 1.30. The highest BCUT2D eigenvalue weighted by Crippen LogP contribution is 2.24. The first-order valence-corrected chi connectivity index (χ1v) is 5.93. The molecule has 4 nitrogen and oxygen atoms in total. The van der Waals surface area contributed by atoms with Crippen LogP contribution in [0.5, 0.6) is 5.75 Å². The number of carbonyl (C=O) groups is 2. The summed E-state index contributed by atoms with van der Waals surface area (Å²) in [5.74, 6) is 0.295. The second-order valence-electron chi connectivity index (χ2n) is 3.33. The van der Waals surface area contributed by atoms with Crippen LogP contribution in [0.15, 0.2) is 11.4 Å². The summed E-state index contributed by atoms with van der Waals surface area (Å²) in [5, 5.41) is 4.43. The van der Waals surface area contributed by atoms with E-state index in [2.05, 4.69) is 5.32 Å². The summed E-state index contributed by atoms with van der Waals surface area (Å²) < 4.78 is 5.04. The van der Waals surface area contributed by atoms with Crippen molar-refractivity contribution in [3.63, 3.8) is 0 Å². The first-order valence-electron chi connectivity index (χ1n) is 5.05. The Hall–Kier alpha value is -1.36. The molecule has 0 spiro atoms. The highest BCUT2D eigenvalue weighted by molar-refractivity contribution is 7.12. The normalized spacial score (nSPS) is 11.9. The molecule has 1 unspecified atom stereocenters. The van der Waals surface area contributed by atoms with Crippen molar-refractivity contribution in [1.29, 1.82) is 0 Å². The molecule has 1 heterocycles.